The van der Waals surface area contributed by atoms with Gasteiger partial charge in [-0.3, -0.25) is 4.79 Å². The number of rotatable bonds is 5. The monoisotopic (exact) mass is 367 g/mol. The second-order valence-electron chi connectivity index (χ2n) is 7.75. The van der Waals surface area contributed by atoms with E-state index in [2.05, 4.69) is 0 Å². The van der Waals surface area contributed by atoms with Gasteiger partial charge in [0, 0.05) is 18.7 Å². The Hall–Kier alpha value is -2.46. The van der Waals surface area contributed by atoms with Gasteiger partial charge in [0.15, 0.2) is 0 Å². The number of aryl methyl sites for hydroxylation is 1. The molecule has 2 aromatic carbocycles. The van der Waals surface area contributed by atoms with E-state index in [1.807, 2.05) is 35.2 Å². The van der Waals surface area contributed by atoms with Crippen molar-refractivity contribution in [1.29, 1.82) is 0 Å². The molecule has 0 saturated carbocycles. The highest BCUT2D eigenvalue weighted by Gasteiger charge is 2.20. The van der Waals surface area contributed by atoms with Crippen molar-refractivity contribution in [2.24, 2.45) is 0 Å². The van der Waals surface area contributed by atoms with Gasteiger partial charge in [0.1, 0.15) is 5.82 Å². The summed E-state index contributed by atoms with van der Waals surface area (Å²) in [5.74, 6) is -0.217. The molecule has 2 aromatic rings. The summed E-state index contributed by atoms with van der Waals surface area (Å²) in [6.07, 6.45) is 4.19. The van der Waals surface area contributed by atoms with E-state index < -0.39 is 5.60 Å². The Kier molecular flexibility index (Phi) is 5.76. The van der Waals surface area contributed by atoms with Crippen molar-refractivity contribution < 1.29 is 14.3 Å². The molecule has 3 rings (SSSR count). The third-order valence-electron chi connectivity index (χ3n) is 4.91. The van der Waals surface area contributed by atoms with E-state index in [9.17, 15) is 14.3 Å². The van der Waals surface area contributed by atoms with Crippen LogP contribution in [0.5, 0.6) is 0 Å². The molecule has 142 valence electrons. The lowest BCUT2D eigenvalue weighted by molar-refractivity contribution is 0.0714. The maximum absolute atomic E-state index is 13.1. The lowest BCUT2D eigenvalue weighted by Gasteiger charge is -2.27. The summed E-state index contributed by atoms with van der Waals surface area (Å²) in [6, 6.07) is 14.2. The van der Waals surface area contributed by atoms with Crippen LogP contribution in [0.2, 0.25) is 0 Å². The molecule has 0 bridgehead atoms. The van der Waals surface area contributed by atoms with E-state index in [0.29, 0.717) is 25.1 Å². The average molecular weight is 367 g/mol. The van der Waals surface area contributed by atoms with Gasteiger partial charge in [-0.15, -0.1) is 0 Å². The number of aliphatic hydroxyl groups is 1. The average Bonchev–Trinajstić information content (AvgIpc) is 2.66. The van der Waals surface area contributed by atoms with Crippen LogP contribution < -0.4 is 0 Å². The van der Waals surface area contributed by atoms with Gasteiger partial charge in [0.05, 0.1) is 5.60 Å². The Morgan fingerprint density at radius 3 is 2.56 bits per heavy atom. The SMILES string of the molecule is CC(C)(O)CCc1cccc(C(=O)N2CC=C(c3ccc(F)cc3)CC2)c1. The van der Waals surface area contributed by atoms with Crippen LogP contribution in [0.15, 0.2) is 54.6 Å². The number of benzene rings is 2. The Bertz CT molecular complexity index is 834. The molecule has 1 amide bonds. The summed E-state index contributed by atoms with van der Waals surface area (Å²) in [5.41, 5.74) is 3.19. The van der Waals surface area contributed by atoms with Gasteiger partial charge in [0.2, 0.25) is 0 Å². The molecule has 1 aliphatic rings. The smallest absolute Gasteiger partial charge is 0.254 e. The molecule has 0 unspecified atom stereocenters. The number of carbonyl (C=O) groups excluding carboxylic acids is 1. The number of amides is 1. The molecule has 1 aliphatic heterocycles. The van der Waals surface area contributed by atoms with Crippen molar-refractivity contribution in [3.63, 3.8) is 0 Å². The van der Waals surface area contributed by atoms with E-state index in [-0.39, 0.29) is 11.7 Å². The minimum atomic E-state index is -0.714. The summed E-state index contributed by atoms with van der Waals surface area (Å²) < 4.78 is 13.1. The summed E-state index contributed by atoms with van der Waals surface area (Å²) in [4.78, 5) is 14.7. The fraction of sp³-hybridized carbons (Fsp3) is 0.348. The first-order chi connectivity index (χ1) is 12.8. The summed E-state index contributed by atoms with van der Waals surface area (Å²) >= 11 is 0. The standard InChI is InChI=1S/C23H26FNO2/c1-23(2,27)13-10-17-4-3-5-20(16-17)22(26)25-14-11-19(12-15-25)18-6-8-21(24)9-7-18/h3-9,11,16,27H,10,12-15H2,1-2H3. The lowest BCUT2D eigenvalue weighted by Crippen LogP contribution is -2.34. The number of hydrogen-bond donors (Lipinski definition) is 1. The van der Waals surface area contributed by atoms with E-state index in [4.69, 9.17) is 0 Å². The van der Waals surface area contributed by atoms with Crippen LogP contribution in [0.25, 0.3) is 5.57 Å². The van der Waals surface area contributed by atoms with Gasteiger partial charge in [-0.2, -0.15) is 0 Å². The van der Waals surface area contributed by atoms with Gasteiger partial charge in [-0.25, -0.2) is 4.39 Å². The first kappa shape index (κ1) is 19.3. The molecule has 0 aliphatic carbocycles. The molecular weight excluding hydrogens is 341 g/mol. The van der Waals surface area contributed by atoms with Crippen molar-refractivity contribution in [2.75, 3.05) is 13.1 Å². The zero-order chi connectivity index (χ0) is 19.4. The Labute approximate surface area is 160 Å². The third kappa shape index (κ3) is 5.27. The predicted molar refractivity (Wildman–Crippen MR) is 106 cm³/mol. The maximum Gasteiger partial charge on any atom is 0.254 e. The summed E-state index contributed by atoms with van der Waals surface area (Å²) in [7, 11) is 0. The van der Waals surface area contributed by atoms with E-state index in [0.717, 1.165) is 29.5 Å². The number of halogens is 1. The van der Waals surface area contributed by atoms with E-state index in [1.54, 1.807) is 26.0 Å². The number of nitrogens with zero attached hydrogens (tertiary/aromatic N) is 1. The number of hydrogen-bond acceptors (Lipinski definition) is 2. The molecule has 0 atom stereocenters. The van der Waals surface area contributed by atoms with Crippen LogP contribution in [0.4, 0.5) is 4.39 Å². The lowest BCUT2D eigenvalue weighted by atomic mass is 9.97. The van der Waals surface area contributed by atoms with Crippen LogP contribution >= 0.6 is 0 Å². The number of carbonyl (C=O) groups is 1. The van der Waals surface area contributed by atoms with Crippen molar-refractivity contribution >= 4 is 11.5 Å². The van der Waals surface area contributed by atoms with Crippen molar-refractivity contribution in [2.45, 2.75) is 38.7 Å². The van der Waals surface area contributed by atoms with Gasteiger partial charge < -0.3 is 10.0 Å². The molecule has 1 N–H and O–H groups in total. The first-order valence-corrected chi connectivity index (χ1v) is 9.37. The molecule has 0 fully saturated rings. The second kappa shape index (κ2) is 8.05. The summed E-state index contributed by atoms with van der Waals surface area (Å²) in [5, 5.41) is 9.89. The molecule has 0 spiro atoms. The highest BCUT2D eigenvalue weighted by molar-refractivity contribution is 5.95. The minimum absolute atomic E-state index is 0.0227. The molecule has 1 heterocycles. The summed E-state index contributed by atoms with van der Waals surface area (Å²) in [6.45, 7) is 4.79. The quantitative estimate of drug-likeness (QED) is 0.848. The Morgan fingerprint density at radius 1 is 1.19 bits per heavy atom. The maximum atomic E-state index is 13.1. The van der Waals surface area contributed by atoms with E-state index in [1.165, 1.54) is 12.1 Å². The fourth-order valence-electron chi connectivity index (χ4n) is 3.27. The highest BCUT2D eigenvalue weighted by Crippen LogP contribution is 2.24. The van der Waals surface area contributed by atoms with Crippen LogP contribution in [-0.4, -0.2) is 34.6 Å². The minimum Gasteiger partial charge on any atom is -0.390 e. The van der Waals surface area contributed by atoms with Gasteiger partial charge in [-0.05, 0) is 74.1 Å². The Morgan fingerprint density at radius 2 is 1.93 bits per heavy atom. The van der Waals surface area contributed by atoms with Crippen LogP contribution in [0.1, 0.15) is 48.2 Å². The molecule has 0 radical (unpaired) electrons. The van der Waals surface area contributed by atoms with Crippen LogP contribution in [0.3, 0.4) is 0 Å². The first-order valence-electron chi connectivity index (χ1n) is 9.37. The molecule has 27 heavy (non-hydrogen) atoms. The molecule has 0 aromatic heterocycles. The second-order valence-corrected chi connectivity index (χ2v) is 7.75. The van der Waals surface area contributed by atoms with Crippen molar-refractivity contribution in [3.05, 3.63) is 77.1 Å². The van der Waals surface area contributed by atoms with Crippen molar-refractivity contribution in [3.8, 4) is 0 Å². The zero-order valence-corrected chi connectivity index (χ0v) is 15.9. The normalized spacial score (nSPS) is 14.8. The van der Waals surface area contributed by atoms with Crippen LogP contribution in [-0.2, 0) is 6.42 Å². The highest BCUT2D eigenvalue weighted by atomic mass is 19.1. The zero-order valence-electron chi connectivity index (χ0n) is 15.9. The largest absolute Gasteiger partial charge is 0.390 e. The van der Waals surface area contributed by atoms with Gasteiger partial charge in [-0.1, -0.05) is 30.3 Å². The topological polar surface area (TPSA) is 40.5 Å². The fourth-order valence-corrected chi connectivity index (χ4v) is 3.27. The molecule has 3 nitrogen and oxygen atoms in total. The molecule has 0 saturated heterocycles. The Balaban J connectivity index is 1.66. The molecule has 4 heteroatoms. The third-order valence-corrected chi connectivity index (χ3v) is 4.91. The van der Waals surface area contributed by atoms with E-state index >= 15 is 0 Å². The van der Waals surface area contributed by atoms with Crippen molar-refractivity contribution in [1.82, 2.24) is 4.90 Å². The van der Waals surface area contributed by atoms with Gasteiger partial charge in [0.25, 0.3) is 5.91 Å². The molecular formula is C23H26FNO2. The predicted octanol–water partition coefficient (Wildman–Crippen LogP) is 4.46. The van der Waals surface area contributed by atoms with Gasteiger partial charge >= 0.3 is 0 Å². The van der Waals surface area contributed by atoms with Crippen LogP contribution in [0, 0.1) is 5.82 Å².